The number of nitrogens with zero attached hydrogens (tertiary/aromatic N) is 6. The Kier molecular flexibility index (Phi) is 6.87. The van der Waals surface area contributed by atoms with Crippen LogP contribution in [0.2, 0.25) is 0 Å². The second-order valence-electron chi connectivity index (χ2n) is 8.10. The highest BCUT2D eigenvalue weighted by atomic mass is 16.3. The Morgan fingerprint density at radius 1 is 1.26 bits per heavy atom. The molecule has 3 rings (SSSR count). The van der Waals surface area contributed by atoms with Gasteiger partial charge >= 0.3 is 0 Å². The first-order valence-corrected chi connectivity index (χ1v) is 10.5. The van der Waals surface area contributed by atoms with E-state index in [9.17, 15) is 10.2 Å². The molecule has 1 atom stereocenters. The minimum atomic E-state index is -1.24. The Morgan fingerprint density at radius 2 is 2.00 bits per heavy atom. The average Bonchev–Trinajstić information content (AvgIpc) is 3.40. The lowest BCUT2D eigenvalue weighted by Crippen LogP contribution is -2.38. The van der Waals surface area contributed by atoms with Crippen molar-refractivity contribution in [3.63, 3.8) is 0 Å². The molecule has 31 heavy (non-hydrogen) atoms. The molecule has 0 saturated heterocycles. The molecule has 0 bridgehead atoms. The highest BCUT2D eigenvalue weighted by Gasteiger charge is 2.23. The topological polar surface area (TPSA) is 127 Å². The van der Waals surface area contributed by atoms with Crippen molar-refractivity contribution in [2.24, 2.45) is 10.7 Å². The van der Waals surface area contributed by atoms with E-state index in [1.165, 1.54) is 20.0 Å². The van der Waals surface area contributed by atoms with E-state index in [1.807, 2.05) is 23.1 Å². The van der Waals surface area contributed by atoms with Gasteiger partial charge in [0.25, 0.3) is 0 Å². The van der Waals surface area contributed by atoms with Crippen molar-refractivity contribution in [1.29, 1.82) is 0 Å². The molecule has 0 aromatic carbocycles. The van der Waals surface area contributed by atoms with Crippen molar-refractivity contribution in [1.82, 2.24) is 24.4 Å². The van der Waals surface area contributed by atoms with Gasteiger partial charge in [-0.15, -0.1) is 0 Å². The van der Waals surface area contributed by atoms with E-state index < -0.39 is 11.7 Å². The van der Waals surface area contributed by atoms with Crippen molar-refractivity contribution in [3.05, 3.63) is 42.7 Å². The van der Waals surface area contributed by atoms with Crippen molar-refractivity contribution < 1.29 is 10.2 Å². The summed E-state index contributed by atoms with van der Waals surface area (Å²) in [7, 11) is 0. The molecular formula is C22H31N7O2. The standard InChI is InChI=1S/C22H31N7O2/c1-5-17(6-2)28-13-16(11-26-28)21-19-7-8-25-29(19)14-18(27-21)15(9-23)10-24-12-20(30)22(3,4)31/h7-11,13-14,17,20,30-31H,5-6,12,23H2,1-4H3/t20-/m1/s1. The zero-order valence-electron chi connectivity index (χ0n) is 18.5. The molecule has 0 aliphatic heterocycles. The maximum atomic E-state index is 9.98. The fraction of sp³-hybridized carbons (Fsp3) is 0.455. The number of hydrogen-bond donors (Lipinski definition) is 3. The molecule has 3 aromatic heterocycles. The molecule has 166 valence electrons. The van der Waals surface area contributed by atoms with Gasteiger partial charge in [0, 0.05) is 29.7 Å². The molecule has 0 aliphatic rings. The van der Waals surface area contributed by atoms with Gasteiger partial charge in [0.15, 0.2) is 0 Å². The molecule has 0 amide bonds. The van der Waals surface area contributed by atoms with Crippen LogP contribution in [0.25, 0.3) is 22.3 Å². The fourth-order valence-electron chi connectivity index (χ4n) is 3.27. The van der Waals surface area contributed by atoms with Gasteiger partial charge in [-0.2, -0.15) is 10.2 Å². The SMILES string of the molecule is CCC(CC)n1cc(-c2nc(C(C=NC[C@@H](O)C(C)(C)O)=CN)cn3nccc23)cn1. The zero-order chi connectivity index (χ0) is 22.6. The van der Waals surface area contributed by atoms with Crippen LogP contribution in [0.4, 0.5) is 0 Å². The number of aromatic nitrogens is 5. The van der Waals surface area contributed by atoms with Gasteiger partial charge in [0.2, 0.25) is 0 Å². The molecule has 9 heteroatoms. The molecule has 9 nitrogen and oxygen atoms in total. The van der Waals surface area contributed by atoms with E-state index in [4.69, 9.17) is 10.7 Å². The van der Waals surface area contributed by atoms with Crippen molar-refractivity contribution in [3.8, 4) is 11.3 Å². The molecule has 4 N–H and O–H groups in total. The molecule has 3 aromatic rings. The van der Waals surface area contributed by atoms with E-state index >= 15 is 0 Å². The zero-order valence-corrected chi connectivity index (χ0v) is 18.5. The van der Waals surface area contributed by atoms with E-state index in [0.717, 1.165) is 29.6 Å². The summed E-state index contributed by atoms with van der Waals surface area (Å²) in [5.41, 5.74) is 8.27. The summed E-state index contributed by atoms with van der Waals surface area (Å²) in [6.45, 7) is 7.41. The number of aliphatic hydroxyl groups excluding tert-OH is 1. The second kappa shape index (κ2) is 9.40. The van der Waals surface area contributed by atoms with Crippen LogP contribution in [0, 0.1) is 0 Å². The van der Waals surface area contributed by atoms with Crippen LogP contribution in [0.1, 0.15) is 52.3 Å². The third kappa shape index (κ3) is 5.00. The first-order valence-electron chi connectivity index (χ1n) is 10.5. The van der Waals surface area contributed by atoms with Gasteiger partial charge in [0.1, 0.15) is 6.10 Å². The summed E-state index contributed by atoms with van der Waals surface area (Å²) >= 11 is 0. The largest absolute Gasteiger partial charge is 0.404 e. The first kappa shape index (κ1) is 22.6. The number of hydrogen-bond acceptors (Lipinski definition) is 7. The molecule has 0 spiro atoms. The predicted molar refractivity (Wildman–Crippen MR) is 122 cm³/mol. The van der Waals surface area contributed by atoms with Gasteiger partial charge in [-0.1, -0.05) is 13.8 Å². The van der Waals surface area contributed by atoms with Gasteiger partial charge in [-0.25, -0.2) is 9.50 Å². The van der Waals surface area contributed by atoms with E-state index in [0.29, 0.717) is 17.3 Å². The minimum Gasteiger partial charge on any atom is -0.404 e. The summed E-state index contributed by atoms with van der Waals surface area (Å²) in [5, 5.41) is 28.8. The summed E-state index contributed by atoms with van der Waals surface area (Å²) in [6, 6.07) is 2.24. The quantitative estimate of drug-likeness (QED) is 0.452. The average molecular weight is 426 g/mol. The van der Waals surface area contributed by atoms with Crippen molar-refractivity contribution in [2.45, 2.75) is 58.3 Å². The minimum absolute atomic E-state index is 0.0416. The summed E-state index contributed by atoms with van der Waals surface area (Å²) in [5.74, 6) is 0. The molecule has 0 aliphatic carbocycles. The van der Waals surface area contributed by atoms with Crippen LogP contribution < -0.4 is 5.73 Å². The number of fused-ring (bicyclic) bond motifs is 1. The van der Waals surface area contributed by atoms with Crippen molar-refractivity contribution in [2.75, 3.05) is 6.54 Å². The maximum Gasteiger partial charge on any atom is 0.102 e. The number of rotatable bonds is 9. The summed E-state index contributed by atoms with van der Waals surface area (Å²) < 4.78 is 3.73. The first-order chi connectivity index (χ1) is 14.8. The van der Waals surface area contributed by atoms with Gasteiger partial charge in [-0.05, 0) is 32.8 Å². The van der Waals surface area contributed by atoms with Crippen LogP contribution in [0.15, 0.2) is 42.0 Å². The van der Waals surface area contributed by atoms with E-state index in [-0.39, 0.29) is 6.54 Å². The monoisotopic (exact) mass is 425 g/mol. The number of aliphatic hydroxyl groups is 2. The third-order valence-corrected chi connectivity index (χ3v) is 5.38. The van der Waals surface area contributed by atoms with Gasteiger partial charge in [0.05, 0.1) is 53.7 Å². The van der Waals surface area contributed by atoms with Gasteiger partial charge < -0.3 is 15.9 Å². The Balaban J connectivity index is 1.96. The molecule has 0 saturated carbocycles. The Bertz CT molecular complexity index is 1070. The van der Waals surface area contributed by atoms with E-state index in [2.05, 4.69) is 29.0 Å². The lowest BCUT2D eigenvalue weighted by Gasteiger charge is -2.22. The highest BCUT2D eigenvalue weighted by molar-refractivity contribution is 6.09. The van der Waals surface area contributed by atoms with E-state index in [1.54, 1.807) is 23.1 Å². The maximum absolute atomic E-state index is 9.98. The third-order valence-electron chi connectivity index (χ3n) is 5.38. The lowest BCUT2D eigenvalue weighted by molar-refractivity contribution is -0.0420. The van der Waals surface area contributed by atoms with Crippen LogP contribution in [0.5, 0.6) is 0 Å². The molecule has 0 fully saturated rings. The van der Waals surface area contributed by atoms with Crippen LogP contribution >= 0.6 is 0 Å². The molecular weight excluding hydrogens is 394 g/mol. The molecule has 0 radical (unpaired) electrons. The molecule has 3 heterocycles. The number of nitrogens with two attached hydrogens (primary N) is 1. The molecule has 0 unspecified atom stereocenters. The van der Waals surface area contributed by atoms with Gasteiger partial charge in [-0.3, -0.25) is 9.67 Å². The Hall–Kier alpha value is -3.04. The number of aliphatic imine (C=N–C) groups is 1. The van der Waals surface area contributed by atoms with Crippen LogP contribution in [0.3, 0.4) is 0 Å². The van der Waals surface area contributed by atoms with Crippen molar-refractivity contribution >= 4 is 17.3 Å². The predicted octanol–water partition coefficient (Wildman–Crippen LogP) is 2.46. The normalized spacial score (nSPS) is 14.2. The number of allylic oxidation sites excluding steroid dienone is 1. The highest BCUT2D eigenvalue weighted by Crippen LogP contribution is 2.26. The smallest absolute Gasteiger partial charge is 0.102 e. The Labute approximate surface area is 181 Å². The summed E-state index contributed by atoms with van der Waals surface area (Å²) in [4.78, 5) is 9.06. The summed E-state index contributed by atoms with van der Waals surface area (Å²) in [6.07, 6.45) is 11.3. The lowest BCUT2D eigenvalue weighted by atomic mass is 10.0. The van der Waals surface area contributed by atoms with Crippen LogP contribution in [-0.4, -0.2) is 59.1 Å². The fourth-order valence-corrected chi connectivity index (χ4v) is 3.27. The van der Waals surface area contributed by atoms with Crippen LogP contribution in [-0.2, 0) is 0 Å². The second-order valence-corrected chi connectivity index (χ2v) is 8.10. The Morgan fingerprint density at radius 3 is 2.65 bits per heavy atom.